The molecular formula is C12H12N2O4. The standard InChI is InChI=1S/C12H12N2O4/c1-3-4-13-11(16)7-18-12(17)10-5-9(6-14-10)8(2)15/h1,5-6,14H,4,7H2,2H3,(H,13,16). The van der Waals surface area contributed by atoms with Crippen molar-refractivity contribution in [1.82, 2.24) is 10.3 Å². The second kappa shape index (κ2) is 6.25. The Bertz CT molecular complexity index is 510. The normalized spacial score (nSPS) is 9.33. The van der Waals surface area contributed by atoms with Crippen LogP contribution < -0.4 is 5.32 Å². The van der Waals surface area contributed by atoms with Crippen LogP contribution in [0.15, 0.2) is 12.3 Å². The molecule has 0 unspecified atom stereocenters. The molecule has 1 amide bonds. The van der Waals surface area contributed by atoms with Gasteiger partial charge in [-0.15, -0.1) is 6.42 Å². The summed E-state index contributed by atoms with van der Waals surface area (Å²) in [6.45, 7) is 1.04. The van der Waals surface area contributed by atoms with E-state index in [4.69, 9.17) is 11.2 Å². The molecule has 18 heavy (non-hydrogen) atoms. The molecule has 1 aromatic rings. The minimum Gasteiger partial charge on any atom is -0.451 e. The predicted octanol–water partition coefficient (Wildman–Crippen LogP) is 0.123. The first kappa shape index (κ1) is 13.5. The van der Waals surface area contributed by atoms with Crippen molar-refractivity contribution >= 4 is 17.7 Å². The molecule has 94 valence electrons. The van der Waals surface area contributed by atoms with E-state index in [-0.39, 0.29) is 18.0 Å². The van der Waals surface area contributed by atoms with Gasteiger partial charge < -0.3 is 15.0 Å². The molecule has 2 N–H and O–H groups in total. The third-order valence-corrected chi connectivity index (χ3v) is 2.03. The maximum atomic E-state index is 11.5. The predicted molar refractivity (Wildman–Crippen MR) is 62.9 cm³/mol. The van der Waals surface area contributed by atoms with Crippen molar-refractivity contribution < 1.29 is 19.1 Å². The zero-order chi connectivity index (χ0) is 13.5. The first-order valence-electron chi connectivity index (χ1n) is 5.11. The molecule has 0 atom stereocenters. The lowest BCUT2D eigenvalue weighted by Crippen LogP contribution is -2.29. The van der Waals surface area contributed by atoms with E-state index in [1.165, 1.54) is 19.2 Å². The van der Waals surface area contributed by atoms with Crippen LogP contribution in [0.3, 0.4) is 0 Å². The number of aromatic nitrogens is 1. The van der Waals surface area contributed by atoms with Gasteiger partial charge in [-0.2, -0.15) is 0 Å². The summed E-state index contributed by atoms with van der Waals surface area (Å²) in [5.41, 5.74) is 0.490. The van der Waals surface area contributed by atoms with Gasteiger partial charge >= 0.3 is 5.97 Å². The average Bonchev–Trinajstić information content (AvgIpc) is 2.83. The first-order valence-corrected chi connectivity index (χ1v) is 5.11. The molecule has 0 fully saturated rings. The fraction of sp³-hybridized carbons (Fsp3) is 0.250. The lowest BCUT2D eigenvalue weighted by atomic mass is 10.2. The number of terminal acetylenes is 1. The van der Waals surface area contributed by atoms with Crippen LogP contribution in [0.4, 0.5) is 0 Å². The van der Waals surface area contributed by atoms with Gasteiger partial charge in [-0.05, 0) is 13.0 Å². The van der Waals surface area contributed by atoms with E-state index >= 15 is 0 Å². The smallest absolute Gasteiger partial charge is 0.355 e. The maximum Gasteiger partial charge on any atom is 0.355 e. The van der Waals surface area contributed by atoms with Crippen LogP contribution in [0.2, 0.25) is 0 Å². The largest absolute Gasteiger partial charge is 0.451 e. The summed E-state index contributed by atoms with van der Waals surface area (Å²) in [6.07, 6.45) is 6.35. The molecule has 6 heteroatoms. The van der Waals surface area contributed by atoms with E-state index in [9.17, 15) is 14.4 Å². The van der Waals surface area contributed by atoms with Gasteiger partial charge in [0.25, 0.3) is 5.91 Å². The highest BCUT2D eigenvalue weighted by Crippen LogP contribution is 2.05. The van der Waals surface area contributed by atoms with Crippen LogP contribution in [0.25, 0.3) is 0 Å². The summed E-state index contributed by atoms with van der Waals surface area (Å²) in [6, 6.07) is 1.37. The number of nitrogens with one attached hydrogen (secondary N) is 2. The van der Waals surface area contributed by atoms with E-state index in [2.05, 4.69) is 16.2 Å². The van der Waals surface area contributed by atoms with Gasteiger partial charge in [-0.3, -0.25) is 9.59 Å². The summed E-state index contributed by atoms with van der Waals surface area (Å²) < 4.78 is 4.72. The average molecular weight is 248 g/mol. The van der Waals surface area contributed by atoms with Crippen molar-refractivity contribution in [1.29, 1.82) is 0 Å². The van der Waals surface area contributed by atoms with Crippen LogP contribution in [0.5, 0.6) is 0 Å². The molecule has 1 heterocycles. The third kappa shape index (κ3) is 3.79. The van der Waals surface area contributed by atoms with Crippen molar-refractivity contribution in [3.05, 3.63) is 23.5 Å². The summed E-state index contributed by atoms with van der Waals surface area (Å²) >= 11 is 0. The van der Waals surface area contributed by atoms with Crippen molar-refractivity contribution in [2.24, 2.45) is 0 Å². The van der Waals surface area contributed by atoms with Crippen molar-refractivity contribution in [2.45, 2.75) is 6.92 Å². The summed E-state index contributed by atoms with van der Waals surface area (Å²) in [4.78, 5) is 36.2. The topological polar surface area (TPSA) is 88.3 Å². The van der Waals surface area contributed by atoms with Crippen LogP contribution >= 0.6 is 0 Å². The van der Waals surface area contributed by atoms with Gasteiger partial charge in [0, 0.05) is 11.8 Å². The van der Waals surface area contributed by atoms with E-state index in [0.717, 1.165) is 0 Å². The van der Waals surface area contributed by atoms with Gasteiger partial charge in [0.05, 0.1) is 6.54 Å². The molecule has 0 aliphatic heterocycles. The zero-order valence-corrected chi connectivity index (χ0v) is 9.78. The Kier molecular flexibility index (Phi) is 4.69. The number of rotatable bonds is 5. The molecule has 0 radical (unpaired) electrons. The number of esters is 1. The number of carbonyl (C=O) groups is 3. The molecule has 0 bridgehead atoms. The van der Waals surface area contributed by atoms with E-state index in [0.29, 0.717) is 5.56 Å². The Morgan fingerprint density at radius 3 is 2.78 bits per heavy atom. The number of aromatic amines is 1. The SMILES string of the molecule is C#CCNC(=O)COC(=O)c1cc(C(C)=O)c[nH]1. The minimum absolute atomic E-state index is 0.0768. The Morgan fingerprint density at radius 1 is 1.50 bits per heavy atom. The molecule has 0 aromatic carbocycles. The van der Waals surface area contributed by atoms with Gasteiger partial charge in [-0.25, -0.2) is 4.79 Å². The zero-order valence-electron chi connectivity index (χ0n) is 9.78. The molecule has 1 rings (SSSR count). The summed E-state index contributed by atoms with van der Waals surface area (Å²) in [7, 11) is 0. The number of ether oxygens (including phenoxy) is 1. The molecular weight excluding hydrogens is 236 g/mol. The molecule has 0 spiro atoms. The second-order valence-electron chi connectivity index (χ2n) is 3.42. The lowest BCUT2D eigenvalue weighted by molar-refractivity contribution is -0.123. The third-order valence-electron chi connectivity index (χ3n) is 2.03. The van der Waals surface area contributed by atoms with Crippen molar-refractivity contribution in [3.8, 4) is 12.3 Å². The summed E-state index contributed by atoms with van der Waals surface area (Å²) in [5.74, 6) is 0.852. The number of carbonyl (C=O) groups excluding carboxylic acids is 3. The van der Waals surface area contributed by atoms with Gasteiger partial charge in [-0.1, -0.05) is 5.92 Å². The molecule has 0 saturated carbocycles. The fourth-order valence-corrected chi connectivity index (χ4v) is 1.12. The Morgan fingerprint density at radius 2 is 2.22 bits per heavy atom. The summed E-state index contributed by atoms with van der Waals surface area (Å²) in [5, 5.41) is 2.35. The van der Waals surface area contributed by atoms with Crippen LogP contribution in [0, 0.1) is 12.3 Å². The minimum atomic E-state index is -0.710. The van der Waals surface area contributed by atoms with Crippen LogP contribution in [-0.4, -0.2) is 35.8 Å². The fourth-order valence-electron chi connectivity index (χ4n) is 1.12. The highest BCUT2D eigenvalue weighted by Gasteiger charge is 2.13. The van der Waals surface area contributed by atoms with E-state index < -0.39 is 18.5 Å². The molecule has 6 nitrogen and oxygen atoms in total. The molecule has 0 aliphatic carbocycles. The molecule has 0 aliphatic rings. The Hall–Kier alpha value is -2.55. The van der Waals surface area contributed by atoms with E-state index in [1.807, 2.05) is 0 Å². The number of hydrogen-bond acceptors (Lipinski definition) is 4. The Balaban J connectivity index is 2.48. The first-order chi connectivity index (χ1) is 8.54. The number of amides is 1. The van der Waals surface area contributed by atoms with E-state index in [1.54, 1.807) is 0 Å². The van der Waals surface area contributed by atoms with Gasteiger partial charge in [0.15, 0.2) is 12.4 Å². The maximum absolute atomic E-state index is 11.5. The monoisotopic (exact) mass is 248 g/mol. The van der Waals surface area contributed by atoms with Crippen molar-refractivity contribution in [3.63, 3.8) is 0 Å². The highest BCUT2D eigenvalue weighted by atomic mass is 16.5. The van der Waals surface area contributed by atoms with Gasteiger partial charge in [0.2, 0.25) is 0 Å². The lowest BCUT2D eigenvalue weighted by Gasteiger charge is -2.02. The molecule has 1 aromatic heterocycles. The van der Waals surface area contributed by atoms with Gasteiger partial charge in [0.1, 0.15) is 5.69 Å². The van der Waals surface area contributed by atoms with Crippen LogP contribution in [-0.2, 0) is 9.53 Å². The number of H-pyrrole nitrogens is 1. The number of Topliss-reactive ketones (excluding diaryl/α,β-unsaturated/α-hetero) is 1. The Labute approximate surface area is 104 Å². The van der Waals surface area contributed by atoms with Crippen LogP contribution in [0.1, 0.15) is 27.8 Å². The van der Waals surface area contributed by atoms with Crippen molar-refractivity contribution in [2.75, 3.05) is 13.2 Å². The quantitative estimate of drug-likeness (QED) is 0.440. The number of ketones is 1. The highest BCUT2D eigenvalue weighted by molar-refractivity contribution is 5.97. The number of hydrogen-bond donors (Lipinski definition) is 2. The second-order valence-corrected chi connectivity index (χ2v) is 3.42. The molecule has 0 saturated heterocycles.